The maximum absolute atomic E-state index is 13.3. The van der Waals surface area contributed by atoms with E-state index in [1.807, 2.05) is 0 Å². The van der Waals surface area contributed by atoms with Crippen molar-refractivity contribution in [2.75, 3.05) is 25.2 Å². The van der Waals surface area contributed by atoms with Gasteiger partial charge in [0.25, 0.3) is 11.7 Å². The molecule has 1 heterocycles. The largest absolute Gasteiger partial charge is 0.497 e. The molecule has 8 nitrogen and oxygen atoms in total. The van der Waals surface area contributed by atoms with Crippen molar-refractivity contribution in [3.05, 3.63) is 81.9 Å². The van der Waals surface area contributed by atoms with Crippen LogP contribution >= 0.6 is 23.2 Å². The van der Waals surface area contributed by atoms with Gasteiger partial charge in [-0.05, 0) is 61.1 Å². The van der Waals surface area contributed by atoms with Gasteiger partial charge in [0.05, 0.1) is 25.0 Å². The van der Waals surface area contributed by atoms with E-state index in [4.69, 9.17) is 37.4 Å². The highest BCUT2D eigenvalue weighted by Gasteiger charge is 2.38. The molecule has 1 amide bonds. The Morgan fingerprint density at radius 2 is 1.88 bits per heavy atom. The molecule has 1 aliphatic heterocycles. The molecule has 1 saturated carbocycles. The second-order valence-corrected chi connectivity index (χ2v) is 10.6. The molecule has 4 rings (SSSR count). The Kier molecular flexibility index (Phi) is 10.5. The summed E-state index contributed by atoms with van der Waals surface area (Å²) in [5.74, 6) is -1.95. The van der Waals surface area contributed by atoms with Gasteiger partial charge in [-0.3, -0.25) is 19.3 Å². The summed E-state index contributed by atoms with van der Waals surface area (Å²) in [6, 6.07) is 8.66. The number of benzene rings is 2. The molecule has 228 valence electrons. The quantitative estimate of drug-likeness (QED) is 0.124. The number of esters is 1. The average molecular weight is 636 g/mol. The smallest absolute Gasteiger partial charge is 0.387 e. The number of amides is 1. The van der Waals surface area contributed by atoms with E-state index in [0.29, 0.717) is 29.4 Å². The monoisotopic (exact) mass is 635 g/mol. The average Bonchev–Trinajstić information content (AvgIpc) is 3.80. The van der Waals surface area contributed by atoms with E-state index in [1.165, 1.54) is 49.6 Å². The van der Waals surface area contributed by atoms with Crippen molar-refractivity contribution < 1.29 is 42.1 Å². The summed E-state index contributed by atoms with van der Waals surface area (Å²) in [5.41, 5.74) is 1.09. The van der Waals surface area contributed by atoms with Crippen LogP contribution in [0.1, 0.15) is 48.2 Å². The van der Waals surface area contributed by atoms with E-state index in [9.17, 15) is 23.2 Å². The number of allylic oxidation sites excluding steroid dienone is 4. The molecule has 0 radical (unpaired) electrons. The molecule has 12 heteroatoms. The third-order valence-electron chi connectivity index (χ3n) is 6.87. The third kappa shape index (κ3) is 7.74. The summed E-state index contributed by atoms with van der Waals surface area (Å²) in [4.78, 5) is 39.7. The Morgan fingerprint density at radius 3 is 2.51 bits per heavy atom. The lowest BCUT2D eigenvalue weighted by atomic mass is 9.99. The van der Waals surface area contributed by atoms with Crippen LogP contribution < -0.4 is 19.1 Å². The van der Waals surface area contributed by atoms with Crippen molar-refractivity contribution in [1.29, 1.82) is 0 Å². The number of nitrogens with zero attached hydrogens (tertiary/aromatic N) is 1. The van der Waals surface area contributed by atoms with Crippen LogP contribution in [0.3, 0.4) is 0 Å². The highest BCUT2D eigenvalue weighted by Crippen LogP contribution is 2.39. The zero-order chi connectivity index (χ0) is 31.3. The number of hydrogen-bond donors (Lipinski definition) is 0. The first-order valence-electron chi connectivity index (χ1n) is 13.3. The number of methoxy groups -OCH3 is 1. The summed E-state index contributed by atoms with van der Waals surface area (Å²) in [6.07, 6.45) is 3.79. The van der Waals surface area contributed by atoms with Gasteiger partial charge >= 0.3 is 12.6 Å². The van der Waals surface area contributed by atoms with Crippen molar-refractivity contribution >= 4 is 46.5 Å². The fourth-order valence-corrected chi connectivity index (χ4v) is 4.83. The van der Waals surface area contributed by atoms with Crippen LogP contribution in [-0.2, 0) is 14.3 Å². The predicted molar refractivity (Wildman–Crippen MR) is 157 cm³/mol. The highest BCUT2D eigenvalue weighted by atomic mass is 35.5. The van der Waals surface area contributed by atoms with E-state index in [1.54, 1.807) is 13.0 Å². The van der Waals surface area contributed by atoms with Crippen LogP contribution in [0.15, 0.2) is 70.8 Å². The van der Waals surface area contributed by atoms with Crippen molar-refractivity contribution in [2.45, 2.75) is 38.9 Å². The van der Waals surface area contributed by atoms with E-state index in [2.05, 4.69) is 11.3 Å². The van der Waals surface area contributed by atoms with Gasteiger partial charge in [0, 0.05) is 22.6 Å². The van der Waals surface area contributed by atoms with Gasteiger partial charge in [0.1, 0.15) is 18.4 Å². The van der Waals surface area contributed by atoms with Gasteiger partial charge in [0.2, 0.25) is 0 Å². The van der Waals surface area contributed by atoms with Gasteiger partial charge in [0.15, 0.2) is 11.5 Å². The Morgan fingerprint density at radius 1 is 1.14 bits per heavy atom. The fraction of sp³-hybridized carbons (Fsp3) is 0.323. The van der Waals surface area contributed by atoms with Gasteiger partial charge in [-0.25, -0.2) is 0 Å². The first-order chi connectivity index (χ1) is 20.6. The number of ether oxygens (including phenoxy) is 4. The summed E-state index contributed by atoms with van der Waals surface area (Å²) in [5, 5.41) is 0.475. The number of Topliss-reactive ketones (excluding diaryl/α,β-unsaturated/α-hetero) is 1. The summed E-state index contributed by atoms with van der Waals surface area (Å²) in [6.45, 7) is 2.00. The van der Waals surface area contributed by atoms with Gasteiger partial charge in [-0.1, -0.05) is 48.0 Å². The molecule has 1 fully saturated rings. The summed E-state index contributed by atoms with van der Waals surface area (Å²) >= 11 is 12.8. The maximum atomic E-state index is 13.3. The lowest BCUT2D eigenvalue weighted by Gasteiger charge is -2.24. The van der Waals surface area contributed by atoms with Crippen LogP contribution in [0.25, 0.3) is 0 Å². The van der Waals surface area contributed by atoms with Crippen LogP contribution in [0, 0.1) is 5.92 Å². The lowest BCUT2D eigenvalue weighted by molar-refractivity contribution is -0.148. The number of hydrogen-bond acceptors (Lipinski definition) is 7. The highest BCUT2D eigenvalue weighted by molar-refractivity contribution is 6.52. The van der Waals surface area contributed by atoms with E-state index >= 15 is 0 Å². The van der Waals surface area contributed by atoms with Crippen LogP contribution in [-0.4, -0.2) is 44.5 Å². The minimum absolute atomic E-state index is 0.0459. The Labute approximate surface area is 257 Å². The van der Waals surface area contributed by atoms with Crippen molar-refractivity contribution in [2.24, 2.45) is 5.92 Å². The van der Waals surface area contributed by atoms with Gasteiger partial charge in [-0.15, -0.1) is 0 Å². The molecule has 0 N–H and O–H groups in total. The number of ketones is 1. The van der Waals surface area contributed by atoms with E-state index in [-0.39, 0.29) is 39.2 Å². The Hall–Kier alpha value is -3.89. The van der Waals surface area contributed by atoms with Crippen LogP contribution in [0.4, 0.5) is 14.5 Å². The second kappa shape index (κ2) is 14.1. The molecule has 2 aromatic rings. The third-order valence-corrected chi connectivity index (χ3v) is 7.70. The molecule has 1 aliphatic carbocycles. The van der Waals surface area contributed by atoms with E-state index in [0.717, 1.165) is 17.7 Å². The topological polar surface area (TPSA) is 91.4 Å². The van der Waals surface area contributed by atoms with E-state index < -0.39 is 36.9 Å². The maximum Gasteiger partial charge on any atom is 0.387 e. The molecular weight excluding hydrogens is 607 g/mol. The van der Waals surface area contributed by atoms with Gasteiger partial charge < -0.3 is 18.9 Å². The van der Waals surface area contributed by atoms with Crippen LogP contribution in [0.2, 0.25) is 0 Å². The molecule has 2 aromatic carbocycles. The molecular formula is C31H29Cl2F2NO7. The number of fused-ring (bicyclic) bond motifs is 1. The Balaban J connectivity index is 1.67. The number of rotatable bonds is 14. The number of halogens is 4. The number of anilines is 1. The number of carbonyl (C=O) groups is 3. The van der Waals surface area contributed by atoms with Crippen molar-refractivity contribution in [3.63, 3.8) is 0 Å². The fourth-order valence-electron chi connectivity index (χ4n) is 4.43. The molecule has 0 unspecified atom stereocenters. The molecule has 0 bridgehead atoms. The molecule has 0 aromatic heterocycles. The zero-order valence-corrected chi connectivity index (χ0v) is 24.9. The minimum atomic E-state index is -3.08. The SMILES string of the molecule is C=C/C(Cl)=C(C[C@H](OC(=O)CN1C(=O)C(=O)c2ccc(OC)cc21)c1ccc(OC(F)F)c(OCC2CC2)c1)\C(Cl)=C/C. The normalized spacial score (nSPS) is 16.1. The van der Waals surface area contributed by atoms with Crippen molar-refractivity contribution in [3.8, 4) is 17.2 Å². The second-order valence-electron chi connectivity index (χ2n) is 9.79. The molecule has 0 saturated heterocycles. The first kappa shape index (κ1) is 32.0. The number of carbonyl (C=O) groups excluding carboxylic acids is 3. The molecule has 0 spiro atoms. The summed E-state index contributed by atoms with van der Waals surface area (Å²) in [7, 11) is 1.43. The summed E-state index contributed by atoms with van der Waals surface area (Å²) < 4.78 is 47.7. The lowest BCUT2D eigenvalue weighted by Crippen LogP contribution is -2.36. The standard InChI is InChI=1S/C31H29Cl2F2NO7/c1-4-22(32)21(23(33)5-2)14-26(18-8-11-25(43-31(34)35)27(12-18)41-16-17-6-7-17)42-28(37)15-36-24-13-19(40-3)9-10-20(24)29(38)30(36)39/h4-5,8-13,17,26,31H,1,6-7,14-16H2,2-3H3/b22-21+,23-5+/t26-/m0/s1. The molecule has 43 heavy (non-hydrogen) atoms. The first-order valence-corrected chi connectivity index (χ1v) is 14.1. The zero-order valence-electron chi connectivity index (χ0n) is 23.4. The van der Waals surface area contributed by atoms with Crippen molar-refractivity contribution in [1.82, 2.24) is 0 Å². The van der Waals surface area contributed by atoms with Crippen LogP contribution in [0.5, 0.6) is 17.2 Å². The number of alkyl halides is 2. The Bertz CT molecular complexity index is 1490. The molecule has 1 atom stereocenters. The van der Waals surface area contributed by atoms with Gasteiger partial charge in [-0.2, -0.15) is 8.78 Å². The minimum Gasteiger partial charge on any atom is -0.497 e. The molecule has 2 aliphatic rings. The predicted octanol–water partition coefficient (Wildman–Crippen LogP) is 7.11.